The van der Waals surface area contributed by atoms with Crippen LogP contribution in [0.1, 0.15) is 10.4 Å². The number of rotatable bonds is 4. The van der Waals surface area contributed by atoms with Gasteiger partial charge in [0.2, 0.25) is 0 Å². The molecule has 28 heavy (non-hydrogen) atoms. The Morgan fingerprint density at radius 3 is 2.29 bits per heavy atom. The molecule has 4 rings (SSSR count). The van der Waals surface area contributed by atoms with Crippen LogP contribution in [-0.2, 0) is 0 Å². The third kappa shape index (κ3) is 3.75. The fourth-order valence-corrected chi connectivity index (χ4v) is 3.18. The zero-order valence-electron chi connectivity index (χ0n) is 15.1. The van der Waals surface area contributed by atoms with Gasteiger partial charge in [0, 0.05) is 15.4 Å². The van der Waals surface area contributed by atoms with Crippen LogP contribution >= 0.6 is 15.9 Å². The number of esters is 1. The predicted octanol–water partition coefficient (Wildman–Crippen LogP) is 5.89. The van der Waals surface area contributed by atoms with Gasteiger partial charge in [-0.3, -0.25) is 0 Å². The number of hydrogen-bond donors (Lipinski definition) is 0. The number of halogens is 1. The van der Waals surface area contributed by atoms with Crippen molar-refractivity contribution in [3.8, 4) is 22.8 Å². The number of nitrogens with zero attached hydrogens (tertiary/aromatic N) is 1. The number of carbonyl (C=O) groups is 1. The minimum absolute atomic E-state index is 0.421. The second kappa shape index (κ2) is 7.82. The Kier molecular flexibility index (Phi) is 5.08. The summed E-state index contributed by atoms with van der Waals surface area (Å²) in [5.41, 5.74) is 2.80. The maximum atomic E-state index is 12.9. The van der Waals surface area contributed by atoms with Crippen LogP contribution in [0.2, 0.25) is 0 Å². The summed E-state index contributed by atoms with van der Waals surface area (Å²) in [5, 5.41) is 0.752. The molecule has 1 aromatic heterocycles. The molecule has 0 aliphatic heterocycles. The van der Waals surface area contributed by atoms with Crippen molar-refractivity contribution >= 4 is 32.8 Å². The van der Waals surface area contributed by atoms with Crippen LogP contribution in [0.4, 0.5) is 0 Å². The van der Waals surface area contributed by atoms with Gasteiger partial charge in [0.15, 0.2) is 0 Å². The Morgan fingerprint density at radius 2 is 1.57 bits per heavy atom. The number of methoxy groups -OCH3 is 1. The molecule has 138 valence electrons. The lowest BCUT2D eigenvalue weighted by molar-refractivity contribution is 0.0737. The van der Waals surface area contributed by atoms with Crippen LogP contribution in [0, 0.1) is 0 Å². The Morgan fingerprint density at radius 1 is 0.893 bits per heavy atom. The van der Waals surface area contributed by atoms with Crippen molar-refractivity contribution in [1.82, 2.24) is 4.98 Å². The van der Waals surface area contributed by atoms with Gasteiger partial charge in [-0.25, -0.2) is 9.78 Å². The van der Waals surface area contributed by atoms with Crippen molar-refractivity contribution in [1.29, 1.82) is 0 Å². The second-order valence-corrected chi connectivity index (χ2v) is 7.06. The van der Waals surface area contributed by atoms with E-state index < -0.39 is 5.97 Å². The number of carbonyl (C=O) groups excluding carboxylic acids is 1. The number of benzene rings is 3. The average Bonchev–Trinajstić information content (AvgIpc) is 2.74. The van der Waals surface area contributed by atoms with E-state index in [-0.39, 0.29) is 0 Å². The highest BCUT2D eigenvalue weighted by molar-refractivity contribution is 9.10. The predicted molar refractivity (Wildman–Crippen MR) is 113 cm³/mol. The maximum absolute atomic E-state index is 12.9. The number of pyridine rings is 1. The lowest BCUT2D eigenvalue weighted by atomic mass is 10.0. The van der Waals surface area contributed by atoms with E-state index in [1.807, 2.05) is 60.7 Å². The quantitative estimate of drug-likeness (QED) is 0.297. The number of fused-ring (bicyclic) bond motifs is 1. The van der Waals surface area contributed by atoms with E-state index in [9.17, 15) is 4.79 Å². The topological polar surface area (TPSA) is 48.4 Å². The monoisotopic (exact) mass is 433 g/mol. The van der Waals surface area contributed by atoms with Crippen molar-refractivity contribution in [3.05, 3.63) is 88.9 Å². The zero-order valence-corrected chi connectivity index (χ0v) is 16.6. The first-order chi connectivity index (χ1) is 13.6. The summed E-state index contributed by atoms with van der Waals surface area (Å²) in [5.74, 6) is 0.829. The highest BCUT2D eigenvalue weighted by Gasteiger charge is 2.16. The molecule has 0 bridgehead atoms. The third-order valence-electron chi connectivity index (χ3n) is 4.35. The molecule has 0 amide bonds. The van der Waals surface area contributed by atoms with Crippen molar-refractivity contribution in [3.63, 3.8) is 0 Å². The van der Waals surface area contributed by atoms with Gasteiger partial charge in [0.05, 0.1) is 23.9 Å². The van der Waals surface area contributed by atoms with Crippen LogP contribution < -0.4 is 9.47 Å². The first-order valence-corrected chi connectivity index (χ1v) is 9.45. The molecular formula is C23H16BrNO3. The van der Waals surface area contributed by atoms with Gasteiger partial charge in [0.1, 0.15) is 11.5 Å². The van der Waals surface area contributed by atoms with Gasteiger partial charge in [-0.05, 0) is 60.7 Å². The summed E-state index contributed by atoms with van der Waals surface area (Å²) in [4.78, 5) is 17.6. The molecule has 0 fully saturated rings. The summed E-state index contributed by atoms with van der Waals surface area (Å²) >= 11 is 3.38. The van der Waals surface area contributed by atoms with Gasteiger partial charge < -0.3 is 9.47 Å². The van der Waals surface area contributed by atoms with E-state index >= 15 is 0 Å². The Balaban J connectivity index is 1.77. The van der Waals surface area contributed by atoms with Crippen molar-refractivity contribution in [2.75, 3.05) is 7.11 Å². The molecule has 0 aliphatic carbocycles. The Labute approximate surface area is 170 Å². The summed E-state index contributed by atoms with van der Waals surface area (Å²) in [6.07, 6.45) is 0. The highest BCUT2D eigenvalue weighted by atomic mass is 79.9. The van der Waals surface area contributed by atoms with E-state index in [2.05, 4.69) is 15.9 Å². The first kappa shape index (κ1) is 18.2. The zero-order chi connectivity index (χ0) is 19.5. The molecule has 4 aromatic rings. The molecule has 0 unspecified atom stereocenters. The molecule has 0 saturated carbocycles. The van der Waals surface area contributed by atoms with Gasteiger partial charge >= 0.3 is 5.97 Å². The smallest absolute Gasteiger partial charge is 0.344 e. The van der Waals surface area contributed by atoms with E-state index in [1.54, 1.807) is 25.3 Å². The van der Waals surface area contributed by atoms with Crippen LogP contribution in [-0.4, -0.2) is 18.1 Å². The summed E-state index contributed by atoms with van der Waals surface area (Å²) in [6.45, 7) is 0. The third-order valence-corrected chi connectivity index (χ3v) is 4.87. The highest BCUT2D eigenvalue weighted by Crippen LogP contribution is 2.27. The maximum Gasteiger partial charge on any atom is 0.344 e. The fourth-order valence-electron chi connectivity index (χ4n) is 2.92. The second-order valence-electron chi connectivity index (χ2n) is 6.14. The standard InChI is InChI=1S/C23H16BrNO3/c1-27-17-10-6-15(7-11-17)22-14-20(19-4-2-3-5-21(19)25-22)23(26)28-18-12-8-16(24)9-13-18/h2-14H,1H3. The SMILES string of the molecule is COc1ccc(-c2cc(C(=O)Oc3ccc(Br)cc3)c3ccccc3n2)cc1. The van der Waals surface area contributed by atoms with Crippen LogP contribution in [0.15, 0.2) is 83.3 Å². The normalized spacial score (nSPS) is 10.6. The minimum Gasteiger partial charge on any atom is -0.497 e. The molecule has 5 heteroatoms. The molecule has 0 atom stereocenters. The van der Waals surface area contributed by atoms with E-state index in [4.69, 9.17) is 14.5 Å². The number of hydrogen-bond acceptors (Lipinski definition) is 4. The van der Waals surface area contributed by atoms with E-state index in [1.165, 1.54) is 0 Å². The lowest BCUT2D eigenvalue weighted by Crippen LogP contribution is -2.10. The molecular weight excluding hydrogens is 418 g/mol. The van der Waals surface area contributed by atoms with Crippen LogP contribution in [0.25, 0.3) is 22.2 Å². The number of ether oxygens (including phenoxy) is 2. The van der Waals surface area contributed by atoms with E-state index in [0.29, 0.717) is 17.0 Å². The summed E-state index contributed by atoms with van der Waals surface area (Å²) < 4.78 is 11.7. The first-order valence-electron chi connectivity index (χ1n) is 8.66. The van der Waals surface area contributed by atoms with Gasteiger partial charge in [0.25, 0.3) is 0 Å². The molecule has 0 N–H and O–H groups in total. The number of para-hydroxylation sites is 1. The molecule has 3 aromatic carbocycles. The van der Waals surface area contributed by atoms with E-state index in [0.717, 1.165) is 26.7 Å². The van der Waals surface area contributed by atoms with Crippen LogP contribution in [0.3, 0.4) is 0 Å². The molecule has 4 nitrogen and oxygen atoms in total. The molecule has 1 heterocycles. The van der Waals surface area contributed by atoms with Gasteiger partial charge in [-0.15, -0.1) is 0 Å². The van der Waals surface area contributed by atoms with Gasteiger partial charge in [-0.1, -0.05) is 34.1 Å². The van der Waals surface area contributed by atoms with Gasteiger partial charge in [-0.2, -0.15) is 0 Å². The number of aromatic nitrogens is 1. The minimum atomic E-state index is -0.421. The van der Waals surface area contributed by atoms with Crippen molar-refractivity contribution < 1.29 is 14.3 Å². The largest absolute Gasteiger partial charge is 0.497 e. The summed E-state index contributed by atoms with van der Waals surface area (Å²) in [7, 11) is 1.62. The fraction of sp³-hybridized carbons (Fsp3) is 0.0435. The Bertz CT molecular complexity index is 1140. The summed E-state index contributed by atoms with van der Waals surface area (Å²) in [6, 6.07) is 24.0. The van der Waals surface area contributed by atoms with Crippen molar-refractivity contribution in [2.24, 2.45) is 0 Å². The molecule has 0 radical (unpaired) electrons. The molecule has 0 aliphatic rings. The van der Waals surface area contributed by atoms with Crippen molar-refractivity contribution in [2.45, 2.75) is 0 Å². The average molecular weight is 434 g/mol. The molecule has 0 saturated heterocycles. The molecule has 0 spiro atoms. The lowest BCUT2D eigenvalue weighted by Gasteiger charge is -2.10. The Hall–Kier alpha value is -3.18. The van der Waals surface area contributed by atoms with Crippen LogP contribution in [0.5, 0.6) is 11.5 Å².